The number of piperazine rings is 1. The van der Waals surface area contributed by atoms with Gasteiger partial charge in [0.1, 0.15) is 5.82 Å². The van der Waals surface area contributed by atoms with Crippen LogP contribution >= 0.6 is 0 Å². The molecule has 7 nitrogen and oxygen atoms in total. The Morgan fingerprint density at radius 3 is 2.56 bits per heavy atom. The van der Waals surface area contributed by atoms with Crippen molar-refractivity contribution in [1.29, 1.82) is 0 Å². The summed E-state index contributed by atoms with van der Waals surface area (Å²) in [6, 6.07) is 5.46. The van der Waals surface area contributed by atoms with Gasteiger partial charge in [-0.3, -0.25) is 9.69 Å². The van der Waals surface area contributed by atoms with Crippen LogP contribution in [0, 0.1) is 0 Å². The van der Waals surface area contributed by atoms with Crippen molar-refractivity contribution in [2.75, 3.05) is 49.6 Å². The summed E-state index contributed by atoms with van der Waals surface area (Å²) in [7, 11) is -1.25. The molecule has 25 heavy (non-hydrogen) atoms. The van der Waals surface area contributed by atoms with E-state index in [1.165, 1.54) is 0 Å². The number of carbonyl (C=O) groups excluding carboxylic acids is 1. The van der Waals surface area contributed by atoms with E-state index in [-0.39, 0.29) is 29.5 Å². The molecule has 2 saturated heterocycles. The van der Waals surface area contributed by atoms with Crippen molar-refractivity contribution in [3.63, 3.8) is 0 Å². The molecule has 8 heteroatoms. The molecule has 3 heterocycles. The van der Waals surface area contributed by atoms with Gasteiger partial charge in [0, 0.05) is 45.5 Å². The molecule has 2 aliphatic heterocycles. The Hall–Kier alpha value is -1.67. The van der Waals surface area contributed by atoms with E-state index < -0.39 is 9.84 Å². The van der Waals surface area contributed by atoms with Crippen molar-refractivity contribution in [3.05, 3.63) is 24.4 Å². The van der Waals surface area contributed by atoms with E-state index in [9.17, 15) is 13.2 Å². The number of anilines is 1. The summed E-state index contributed by atoms with van der Waals surface area (Å²) < 4.78 is 23.3. The molecule has 0 radical (unpaired) electrons. The molecule has 2 aliphatic rings. The number of sulfone groups is 1. The minimum atomic E-state index is -2.98. The van der Waals surface area contributed by atoms with E-state index in [0.29, 0.717) is 6.42 Å². The van der Waals surface area contributed by atoms with Crippen LogP contribution in [0.4, 0.5) is 5.82 Å². The highest BCUT2D eigenvalue weighted by molar-refractivity contribution is 7.91. The number of nitrogens with zero attached hydrogens (tertiary/aromatic N) is 4. The Balaban J connectivity index is 1.55. The first-order valence-electron chi connectivity index (χ1n) is 8.74. The molecule has 0 bridgehead atoms. The molecule has 3 rings (SSSR count). The standard InChI is InChI=1S/C17H26N4O3S/c1-14(17(22)19(2)15-6-12-25(23,24)13-15)20-8-10-21(11-9-20)16-5-3-4-7-18-16/h3-5,7,14-15H,6,8-13H2,1-2H3/t14-,15-/m0/s1. The first kappa shape index (κ1) is 18.1. The van der Waals surface area contributed by atoms with Crippen LogP contribution in [0.5, 0.6) is 0 Å². The Morgan fingerprint density at radius 1 is 1.28 bits per heavy atom. The number of aromatic nitrogens is 1. The van der Waals surface area contributed by atoms with Crippen molar-refractivity contribution in [1.82, 2.24) is 14.8 Å². The van der Waals surface area contributed by atoms with Gasteiger partial charge in [0.25, 0.3) is 0 Å². The first-order valence-corrected chi connectivity index (χ1v) is 10.6. The Kier molecular flexibility index (Phi) is 5.29. The molecule has 2 atom stereocenters. The average Bonchev–Trinajstić information content (AvgIpc) is 3.00. The normalized spacial score (nSPS) is 24.9. The third-order valence-corrected chi connectivity index (χ3v) is 7.05. The van der Waals surface area contributed by atoms with Crippen molar-refractivity contribution in [2.24, 2.45) is 0 Å². The maximum atomic E-state index is 12.8. The fraction of sp³-hybridized carbons (Fsp3) is 0.647. The fourth-order valence-electron chi connectivity index (χ4n) is 3.59. The second kappa shape index (κ2) is 7.29. The van der Waals surface area contributed by atoms with Crippen molar-refractivity contribution in [3.8, 4) is 0 Å². The second-order valence-corrected chi connectivity index (χ2v) is 9.12. The summed E-state index contributed by atoms with van der Waals surface area (Å²) in [6.45, 7) is 5.16. The summed E-state index contributed by atoms with van der Waals surface area (Å²) in [5.41, 5.74) is 0. The molecule has 0 N–H and O–H groups in total. The van der Waals surface area contributed by atoms with Gasteiger partial charge in [0.15, 0.2) is 9.84 Å². The first-order chi connectivity index (χ1) is 11.9. The van der Waals surface area contributed by atoms with Gasteiger partial charge >= 0.3 is 0 Å². The molecule has 0 aromatic carbocycles. The van der Waals surface area contributed by atoms with Gasteiger partial charge in [0.05, 0.1) is 17.5 Å². The Labute approximate surface area is 149 Å². The molecule has 1 aromatic rings. The number of hydrogen-bond donors (Lipinski definition) is 0. The molecule has 0 saturated carbocycles. The third-order valence-electron chi connectivity index (χ3n) is 5.30. The third kappa shape index (κ3) is 4.12. The second-order valence-electron chi connectivity index (χ2n) is 6.89. The van der Waals surface area contributed by atoms with Crippen LogP contribution in [0.3, 0.4) is 0 Å². The van der Waals surface area contributed by atoms with Crippen LogP contribution in [0.25, 0.3) is 0 Å². The maximum absolute atomic E-state index is 12.8. The minimum absolute atomic E-state index is 0.00776. The number of hydrogen-bond acceptors (Lipinski definition) is 6. The number of amides is 1. The lowest BCUT2D eigenvalue weighted by Gasteiger charge is -2.39. The molecule has 1 aromatic heterocycles. The highest BCUT2D eigenvalue weighted by Crippen LogP contribution is 2.19. The Bertz CT molecular complexity index is 702. The SMILES string of the molecule is C[C@@H](C(=O)N(C)[C@H]1CCS(=O)(=O)C1)N1CCN(c2ccccn2)CC1. The lowest BCUT2D eigenvalue weighted by atomic mass is 10.1. The zero-order valence-corrected chi connectivity index (χ0v) is 15.7. The highest BCUT2D eigenvalue weighted by Gasteiger charge is 2.35. The van der Waals surface area contributed by atoms with Gasteiger partial charge in [-0.25, -0.2) is 13.4 Å². The van der Waals surface area contributed by atoms with Crippen molar-refractivity contribution in [2.45, 2.75) is 25.4 Å². The highest BCUT2D eigenvalue weighted by atomic mass is 32.2. The maximum Gasteiger partial charge on any atom is 0.239 e. The lowest BCUT2D eigenvalue weighted by Crippen LogP contribution is -2.55. The van der Waals surface area contributed by atoms with Gasteiger partial charge in [-0.05, 0) is 25.5 Å². The number of likely N-dealkylation sites (N-methyl/N-ethyl adjacent to an activating group) is 1. The largest absolute Gasteiger partial charge is 0.354 e. The minimum Gasteiger partial charge on any atom is -0.354 e. The van der Waals surface area contributed by atoms with E-state index in [4.69, 9.17) is 0 Å². The fourth-order valence-corrected chi connectivity index (χ4v) is 5.37. The van der Waals surface area contributed by atoms with Crippen LogP contribution in [0.2, 0.25) is 0 Å². The van der Waals surface area contributed by atoms with Crippen LogP contribution in [0.15, 0.2) is 24.4 Å². The number of rotatable bonds is 4. The van der Waals surface area contributed by atoms with Gasteiger partial charge in [-0.15, -0.1) is 0 Å². The topological polar surface area (TPSA) is 73.8 Å². The Morgan fingerprint density at radius 2 is 2.00 bits per heavy atom. The zero-order valence-electron chi connectivity index (χ0n) is 14.8. The number of carbonyl (C=O) groups is 1. The van der Waals surface area contributed by atoms with Crippen molar-refractivity contribution < 1.29 is 13.2 Å². The van der Waals surface area contributed by atoms with E-state index >= 15 is 0 Å². The predicted octanol–water partition coefficient (Wildman–Crippen LogP) is 0.238. The van der Waals surface area contributed by atoms with Crippen LogP contribution < -0.4 is 4.90 Å². The predicted molar refractivity (Wildman–Crippen MR) is 97.3 cm³/mol. The van der Waals surface area contributed by atoms with Gasteiger partial charge < -0.3 is 9.80 Å². The smallest absolute Gasteiger partial charge is 0.239 e. The average molecular weight is 366 g/mol. The number of pyridine rings is 1. The van der Waals surface area contributed by atoms with Crippen LogP contribution in [-0.2, 0) is 14.6 Å². The summed E-state index contributed by atoms with van der Waals surface area (Å²) >= 11 is 0. The summed E-state index contributed by atoms with van der Waals surface area (Å²) in [6.07, 6.45) is 2.34. The molecule has 138 valence electrons. The molecular weight excluding hydrogens is 340 g/mol. The zero-order chi connectivity index (χ0) is 18.0. The summed E-state index contributed by atoms with van der Waals surface area (Å²) in [4.78, 5) is 23.2. The summed E-state index contributed by atoms with van der Waals surface area (Å²) in [5, 5.41) is 0. The molecule has 0 aliphatic carbocycles. The van der Waals surface area contributed by atoms with Gasteiger partial charge in [-0.1, -0.05) is 6.07 Å². The molecular formula is C17H26N4O3S. The van der Waals surface area contributed by atoms with Crippen molar-refractivity contribution >= 4 is 21.6 Å². The van der Waals surface area contributed by atoms with Gasteiger partial charge in [-0.2, -0.15) is 0 Å². The molecule has 1 amide bonds. The monoisotopic (exact) mass is 366 g/mol. The summed E-state index contributed by atoms with van der Waals surface area (Å²) in [5.74, 6) is 1.25. The van der Waals surface area contributed by atoms with E-state index in [1.54, 1.807) is 18.1 Å². The van der Waals surface area contributed by atoms with Crippen LogP contribution in [0.1, 0.15) is 13.3 Å². The van der Waals surface area contributed by atoms with E-state index in [0.717, 1.165) is 32.0 Å². The van der Waals surface area contributed by atoms with Gasteiger partial charge in [0.2, 0.25) is 5.91 Å². The molecule has 0 unspecified atom stereocenters. The van der Waals surface area contributed by atoms with E-state index in [2.05, 4.69) is 14.8 Å². The quantitative estimate of drug-likeness (QED) is 0.760. The molecule has 0 spiro atoms. The van der Waals surface area contributed by atoms with E-state index in [1.807, 2.05) is 25.1 Å². The van der Waals surface area contributed by atoms with Crippen LogP contribution in [-0.4, -0.2) is 85.9 Å². The lowest BCUT2D eigenvalue weighted by molar-refractivity contribution is -0.136. The molecule has 2 fully saturated rings.